The highest BCUT2D eigenvalue weighted by atomic mass is 127. The van der Waals surface area contributed by atoms with Gasteiger partial charge in [0, 0.05) is 10.9 Å². The lowest BCUT2D eigenvalue weighted by Gasteiger charge is -2.01. The Balaban J connectivity index is 2.91. The molecule has 1 heterocycles. The molecule has 2 aromatic rings. The van der Waals surface area contributed by atoms with Crippen molar-refractivity contribution in [1.29, 1.82) is 0 Å². The van der Waals surface area contributed by atoms with E-state index in [4.69, 9.17) is 0 Å². The lowest BCUT2D eigenvalue weighted by molar-refractivity contribution is 0.639. The van der Waals surface area contributed by atoms with Gasteiger partial charge in [0.25, 0.3) is 0 Å². The van der Waals surface area contributed by atoms with Gasteiger partial charge in [-0.05, 0) is 40.8 Å². The number of halogens is 2. The monoisotopic (exact) mass is 300 g/mol. The number of fused-ring (bicyclic) bond motifs is 1. The quantitative estimate of drug-likeness (QED) is 0.757. The molecule has 2 rings (SSSR count). The first kappa shape index (κ1) is 9.51. The van der Waals surface area contributed by atoms with E-state index in [2.05, 4.69) is 16.8 Å². The summed E-state index contributed by atoms with van der Waals surface area (Å²) in [6.45, 7) is 3.64. The van der Waals surface area contributed by atoms with Gasteiger partial charge in [-0.2, -0.15) is 0 Å². The van der Waals surface area contributed by atoms with Crippen LogP contribution in [0.2, 0.25) is 0 Å². The molecule has 0 aliphatic heterocycles. The highest BCUT2D eigenvalue weighted by Crippen LogP contribution is 2.21. The summed E-state index contributed by atoms with van der Waals surface area (Å²) < 4.78 is 14.1. The third-order valence-electron chi connectivity index (χ3n) is 1.92. The maximum absolute atomic E-state index is 13.4. The molecule has 0 atom stereocenters. The van der Waals surface area contributed by atoms with Crippen LogP contribution in [0.15, 0.2) is 24.8 Å². The van der Waals surface area contributed by atoms with Crippen molar-refractivity contribution in [2.24, 2.45) is 0 Å². The van der Waals surface area contributed by atoms with E-state index in [0.29, 0.717) is 14.6 Å². The summed E-state index contributed by atoms with van der Waals surface area (Å²) in [4.78, 5) is 0. The fraction of sp³-hybridized carbons (Fsp3) is 0. The maximum atomic E-state index is 13.4. The summed E-state index contributed by atoms with van der Waals surface area (Å²) in [6, 6.07) is 4.73. The van der Waals surface area contributed by atoms with Gasteiger partial charge in [0.2, 0.25) is 0 Å². The third-order valence-corrected chi connectivity index (χ3v) is 2.45. The molecule has 1 aromatic carbocycles. The van der Waals surface area contributed by atoms with Gasteiger partial charge in [-0.25, -0.2) is 4.39 Å². The van der Waals surface area contributed by atoms with E-state index in [1.807, 2.05) is 22.6 Å². The van der Waals surface area contributed by atoms with Crippen LogP contribution < -0.4 is 0 Å². The Kier molecular flexibility index (Phi) is 2.45. The number of benzene rings is 1. The Bertz CT molecular complexity index is 511. The molecule has 0 N–H and O–H groups in total. The van der Waals surface area contributed by atoms with Crippen LogP contribution in [0.3, 0.4) is 0 Å². The summed E-state index contributed by atoms with van der Waals surface area (Å²) >= 11 is 2.00. The lowest BCUT2D eigenvalue weighted by Crippen LogP contribution is -1.92. The average Bonchev–Trinajstić information content (AvgIpc) is 2.19. The van der Waals surface area contributed by atoms with E-state index >= 15 is 0 Å². The molecule has 0 aliphatic rings. The number of aromatic nitrogens is 2. The van der Waals surface area contributed by atoms with Crippen molar-refractivity contribution >= 4 is 39.6 Å². The minimum absolute atomic E-state index is 0.279. The molecule has 0 saturated heterocycles. The van der Waals surface area contributed by atoms with E-state index in [1.54, 1.807) is 18.2 Å². The molecule has 0 unspecified atom stereocenters. The first-order chi connectivity index (χ1) is 6.72. The first-order valence-corrected chi connectivity index (χ1v) is 5.04. The summed E-state index contributed by atoms with van der Waals surface area (Å²) in [5.41, 5.74) is 1.35. The van der Waals surface area contributed by atoms with E-state index in [0.717, 1.165) is 5.56 Å². The number of hydrogen-bond acceptors (Lipinski definition) is 2. The molecular weight excluding hydrogens is 294 g/mol. The van der Waals surface area contributed by atoms with Crippen LogP contribution in [0.1, 0.15) is 5.56 Å². The van der Waals surface area contributed by atoms with E-state index in [9.17, 15) is 4.39 Å². The van der Waals surface area contributed by atoms with E-state index < -0.39 is 0 Å². The molecule has 1 aromatic heterocycles. The van der Waals surface area contributed by atoms with Crippen LogP contribution in [-0.2, 0) is 0 Å². The highest BCUT2D eigenvalue weighted by Gasteiger charge is 2.06. The van der Waals surface area contributed by atoms with Crippen molar-refractivity contribution in [1.82, 2.24) is 10.2 Å². The van der Waals surface area contributed by atoms with Crippen LogP contribution in [0.25, 0.3) is 17.0 Å². The zero-order chi connectivity index (χ0) is 10.1. The van der Waals surface area contributed by atoms with Gasteiger partial charge >= 0.3 is 0 Å². The first-order valence-electron chi connectivity index (χ1n) is 3.96. The normalized spacial score (nSPS) is 10.4. The zero-order valence-electron chi connectivity index (χ0n) is 7.17. The predicted molar refractivity (Wildman–Crippen MR) is 62.3 cm³/mol. The summed E-state index contributed by atoms with van der Waals surface area (Å²) in [5, 5.41) is 8.31. The fourth-order valence-corrected chi connectivity index (χ4v) is 1.68. The second kappa shape index (κ2) is 3.61. The predicted octanol–water partition coefficient (Wildman–Crippen LogP) is 3.02. The van der Waals surface area contributed by atoms with E-state index in [-0.39, 0.29) is 5.82 Å². The molecule has 0 fully saturated rings. The Morgan fingerprint density at radius 2 is 2.14 bits per heavy atom. The Morgan fingerprint density at radius 3 is 2.86 bits per heavy atom. The van der Waals surface area contributed by atoms with E-state index in [1.165, 1.54) is 6.07 Å². The van der Waals surface area contributed by atoms with Crippen molar-refractivity contribution in [2.45, 2.75) is 0 Å². The zero-order valence-corrected chi connectivity index (χ0v) is 9.32. The molecule has 2 nitrogen and oxygen atoms in total. The van der Waals surface area contributed by atoms with Crippen LogP contribution >= 0.6 is 22.6 Å². The van der Waals surface area contributed by atoms with Gasteiger partial charge in [-0.3, -0.25) is 0 Å². The van der Waals surface area contributed by atoms with Gasteiger partial charge in [-0.15, -0.1) is 10.2 Å². The van der Waals surface area contributed by atoms with Gasteiger partial charge in [0.05, 0.1) is 0 Å². The minimum atomic E-state index is -0.279. The Labute approximate surface area is 94.0 Å². The molecule has 0 spiro atoms. The summed E-state index contributed by atoms with van der Waals surface area (Å²) in [6.07, 6.45) is 1.64. The largest absolute Gasteiger partial charge is 0.206 e. The summed E-state index contributed by atoms with van der Waals surface area (Å²) in [5.74, 6) is -0.279. The number of nitrogens with zero attached hydrogens (tertiary/aromatic N) is 2. The van der Waals surface area contributed by atoms with Gasteiger partial charge in [0.1, 0.15) is 15.0 Å². The van der Waals surface area contributed by atoms with Crippen molar-refractivity contribution in [2.75, 3.05) is 0 Å². The van der Waals surface area contributed by atoms with Crippen LogP contribution in [0, 0.1) is 9.52 Å². The van der Waals surface area contributed by atoms with Crippen molar-refractivity contribution < 1.29 is 4.39 Å². The molecule has 70 valence electrons. The maximum Gasteiger partial charge on any atom is 0.132 e. The minimum Gasteiger partial charge on any atom is -0.206 e. The number of hydrogen-bond donors (Lipinski definition) is 0. The average molecular weight is 300 g/mol. The van der Waals surface area contributed by atoms with Crippen molar-refractivity contribution in [3.63, 3.8) is 0 Å². The molecule has 0 amide bonds. The molecule has 0 aliphatic carbocycles. The molecule has 0 radical (unpaired) electrons. The Morgan fingerprint density at radius 1 is 1.36 bits per heavy atom. The molecule has 0 bridgehead atoms. The van der Waals surface area contributed by atoms with Crippen LogP contribution in [0.5, 0.6) is 0 Å². The third kappa shape index (κ3) is 1.50. The molecular formula is C10H6FIN2. The second-order valence-corrected chi connectivity index (χ2v) is 3.88. The summed E-state index contributed by atoms with van der Waals surface area (Å²) in [7, 11) is 0. The second-order valence-electron chi connectivity index (χ2n) is 2.77. The fourth-order valence-electron chi connectivity index (χ4n) is 1.26. The Hall–Kier alpha value is -1.04. The standard InChI is InChI=1S/C10H6FIN2/c1-2-6-3-4-8(11)7-5-9(12)13-14-10(6)7/h2-5H,1H2. The van der Waals surface area contributed by atoms with Gasteiger partial charge in [-0.1, -0.05) is 12.7 Å². The van der Waals surface area contributed by atoms with Gasteiger partial charge in [0.15, 0.2) is 0 Å². The molecule has 14 heavy (non-hydrogen) atoms. The van der Waals surface area contributed by atoms with Crippen LogP contribution in [0.4, 0.5) is 4.39 Å². The molecule has 4 heteroatoms. The smallest absolute Gasteiger partial charge is 0.132 e. The lowest BCUT2D eigenvalue weighted by atomic mass is 10.1. The number of rotatable bonds is 1. The van der Waals surface area contributed by atoms with Gasteiger partial charge < -0.3 is 0 Å². The highest BCUT2D eigenvalue weighted by molar-refractivity contribution is 14.1. The van der Waals surface area contributed by atoms with Crippen molar-refractivity contribution in [3.05, 3.63) is 39.9 Å². The van der Waals surface area contributed by atoms with Crippen LogP contribution in [-0.4, -0.2) is 10.2 Å². The van der Waals surface area contributed by atoms with Crippen molar-refractivity contribution in [3.8, 4) is 0 Å². The molecule has 0 saturated carbocycles. The SMILES string of the molecule is C=Cc1ccc(F)c2cc(I)nnc12. The topological polar surface area (TPSA) is 25.8 Å².